The van der Waals surface area contributed by atoms with Crippen LogP contribution in [0.4, 0.5) is 0 Å². The number of allylic oxidation sites excluding steroid dienone is 2. The highest BCUT2D eigenvalue weighted by atomic mass is 16.5. The van der Waals surface area contributed by atoms with Crippen LogP contribution in [0, 0.1) is 0 Å². The highest BCUT2D eigenvalue weighted by Crippen LogP contribution is 2.31. The third-order valence-corrected chi connectivity index (χ3v) is 3.55. The Hall–Kier alpha value is -2.36. The summed E-state index contributed by atoms with van der Waals surface area (Å²) in [4.78, 5) is 23.9. The molecule has 0 amide bonds. The summed E-state index contributed by atoms with van der Waals surface area (Å²) in [5.74, 6) is -0.775. The lowest BCUT2D eigenvalue weighted by Crippen LogP contribution is -2.13. The maximum atomic E-state index is 12.1. The number of carbonyl (C=O) groups excluding carboxylic acids is 2. The lowest BCUT2D eigenvalue weighted by molar-refractivity contribution is -0.142. The van der Waals surface area contributed by atoms with Crippen LogP contribution in [-0.4, -0.2) is 23.6 Å². The lowest BCUT2D eigenvalue weighted by Gasteiger charge is -2.11. The van der Waals surface area contributed by atoms with Crippen LogP contribution >= 0.6 is 0 Å². The van der Waals surface area contributed by atoms with Gasteiger partial charge in [0.05, 0.1) is 18.5 Å². The zero-order valence-electron chi connectivity index (χ0n) is 12.5. The second-order valence-electron chi connectivity index (χ2n) is 4.87. The maximum Gasteiger partial charge on any atom is 0.313 e. The zero-order valence-corrected chi connectivity index (χ0v) is 12.5. The van der Waals surface area contributed by atoms with Gasteiger partial charge in [0.1, 0.15) is 0 Å². The second kappa shape index (κ2) is 6.39. The van der Waals surface area contributed by atoms with Gasteiger partial charge in [-0.05, 0) is 25.0 Å². The molecule has 1 aromatic carbocycles. The minimum absolute atomic E-state index is 0.0768. The van der Waals surface area contributed by atoms with Gasteiger partial charge in [0.25, 0.3) is 0 Å². The molecule has 0 aliphatic heterocycles. The number of nitrogens with zero attached hydrogens (tertiary/aromatic N) is 1. The number of para-hydroxylation sites is 1. The van der Waals surface area contributed by atoms with Crippen molar-refractivity contribution < 1.29 is 14.3 Å². The first-order chi connectivity index (χ1) is 10.1. The number of carbonyl (C=O) groups is 2. The van der Waals surface area contributed by atoms with E-state index in [0.29, 0.717) is 6.42 Å². The van der Waals surface area contributed by atoms with Crippen molar-refractivity contribution >= 4 is 22.8 Å². The molecular weight excluding hydrogens is 266 g/mol. The Morgan fingerprint density at radius 2 is 2.05 bits per heavy atom. The summed E-state index contributed by atoms with van der Waals surface area (Å²) >= 11 is 0. The van der Waals surface area contributed by atoms with Crippen LogP contribution in [0.5, 0.6) is 0 Å². The van der Waals surface area contributed by atoms with Crippen LogP contribution in [0.1, 0.15) is 36.5 Å². The second-order valence-corrected chi connectivity index (χ2v) is 4.87. The summed E-state index contributed by atoms with van der Waals surface area (Å²) in [5, 5.41) is 0.910. The molecule has 1 heterocycles. The van der Waals surface area contributed by atoms with Crippen LogP contribution in [0.15, 0.2) is 42.6 Å². The molecule has 0 spiro atoms. The SMILES string of the molecule is C/C=C\CC(C(=O)OC)c1cn(C(C)=O)c2ccccc12. The number of esters is 1. The smallest absolute Gasteiger partial charge is 0.313 e. The van der Waals surface area contributed by atoms with E-state index in [2.05, 4.69) is 0 Å². The van der Waals surface area contributed by atoms with Gasteiger partial charge in [0.15, 0.2) is 0 Å². The summed E-state index contributed by atoms with van der Waals surface area (Å²) in [5.41, 5.74) is 1.64. The fourth-order valence-corrected chi connectivity index (χ4v) is 2.51. The minimum Gasteiger partial charge on any atom is -0.469 e. The standard InChI is InChI=1S/C17H19NO3/c1-4-5-8-14(17(20)21-3)15-11-18(12(2)19)16-10-7-6-9-13(15)16/h4-7,9-11,14H,8H2,1-3H3/b5-4-. The first-order valence-corrected chi connectivity index (χ1v) is 6.90. The average Bonchev–Trinajstić information content (AvgIpc) is 2.87. The van der Waals surface area contributed by atoms with Crippen LogP contribution in [-0.2, 0) is 9.53 Å². The number of aromatic nitrogens is 1. The van der Waals surface area contributed by atoms with Gasteiger partial charge < -0.3 is 4.74 Å². The summed E-state index contributed by atoms with van der Waals surface area (Å²) in [6.45, 7) is 3.42. The quantitative estimate of drug-likeness (QED) is 0.638. The molecule has 0 aliphatic carbocycles. The van der Waals surface area contributed by atoms with E-state index in [0.717, 1.165) is 16.5 Å². The predicted molar refractivity (Wildman–Crippen MR) is 82.4 cm³/mol. The third-order valence-electron chi connectivity index (χ3n) is 3.55. The van der Waals surface area contributed by atoms with Gasteiger partial charge in [-0.25, -0.2) is 0 Å². The Morgan fingerprint density at radius 1 is 1.33 bits per heavy atom. The Morgan fingerprint density at radius 3 is 2.67 bits per heavy atom. The fourth-order valence-electron chi connectivity index (χ4n) is 2.51. The molecule has 0 saturated heterocycles. The van der Waals surface area contributed by atoms with Crippen molar-refractivity contribution in [3.63, 3.8) is 0 Å². The predicted octanol–water partition coefficient (Wildman–Crippen LogP) is 3.52. The molecule has 1 unspecified atom stereocenters. The Balaban J connectivity index is 2.62. The molecular formula is C17H19NO3. The topological polar surface area (TPSA) is 48.3 Å². The molecule has 0 radical (unpaired) electrons. The summed E-state index contributed by atoms with van der Waals surface area (Å²) in [7, 11) is 1.38. The van der Waals surface area contributed by atoms with Gasteiger partial charge in [-0.3, -0.25) is 14.2 Å². The van der Waals surface area contributed by atoms with Crippen LogP contribution in [0.25, 0.3) is 10.9 Å². The first-order valence-electron chi connectivity index (χ1n) is 6.90. The average molecular weight is 285 g/mol. The van der Waals surface area contributed by atoms with Crippen molar-refractivity contribution in [2.24, 2.45) is 0 Å². The van der Waals surface area contributed by atoms with Gasteiger partial charge >= 0.3 is 5.97 Å². The van der Waals surface area contributed by atoms with Crippen molar-refractivity contribution in [2.45, 2.75) is 26.2 Å². The van der Waals surface area contributed by atoms with E-state index >= 15 is 0 Å². The number of hydrogen-bond donors (Lipinski definition) is 0. The third kappa shape index (κ3) is 2.89. The van der Waals surface area contributed by atoms with Gasteiger partial charge in [-0.1, -0.05) is 30.4 Å². The van der Waals surface area contributed by atoms with Crippen LogP contribution in [0.2, 0.25) is 0 Å². The Bertz CT molecular complexity index is 697. The van der Waals surface area contributed by atoms with E-state index < -0.39 is 5.92 Å². The molecule has 4 nitrogen and oxygen atoms in total. The maximum absolute atomic E-state index is 12.1. The molecule has 0 fully saturated rings. The minimum atomic E-state index is -0.406. The Kier molecular flexibility index (Phi) is 4.58. The molecule has 1 atom stereocenters. The van der Waals surface area contributed by atoms with Crippen molar-refractivity contribution in [1.29, 1.82) is 0 Å². The van der Waals surface area contributed by atoms with Crippen molar-refractivity contribution in [1.82, 2.24) is 4.57 Å². The lowest BCUT2D eigenvalue weighted by atomic mass is 9.95. The zero-order chi connectivity index (χ0) is 15.4. The van der Waals surface area contributed by atoms with Gasteiger partial charge in [0.2, 0.25) is 5.91 Å². The van der Waals surface area contributed by atoms with Crippen molar-refractivity contribution in [2.75, 3.05) is 7.11 Å². The molecule has 0 N–H and O–H groups in total. The highest BCUT2D eigenvalue weighted by Gasteiger charge is 2.25. The number of ether oxygens (including phenoxy) is 1. The molecule has 0 bridgehead atoms. The first kappa shape index (κ1) is 15.0. The van der Waals surface area contributed by atoms with E-state index in [1.54, 1.807) is 10.8 Å². The number of fused-ring (bicyclic) bond motifs is 1. The largest absolute Gasteiger partial charge is 0.469 e. The molecule has 4 heteroatoms. The number of rotatable bonds is 4. The summed E-state index contributed by atoms with van der Waals surface area (Å²) < 4.78 is 6.50. The normalized spacial score (nSPS) is 12.7. The number of benzene rings is 1. The van der Waals surface area contributed by atoms with Gasteiger partial charge in [-0.15, -0.1) is 0 Å². The molecule has 2 rings (SSSR count). The summed E-state index contributed by atoms with van der Waals surface area (Å²) in [6, 6.07) is 7.59. The molecule has 110 valence electrons. The molecule has 0 aliphatic rings. The van der Waals surface area contributed by atoms with E-state index in [4.69, 9.17) is 4.74 Å². The van der Waals surface area contributed by atoms with E-state index in [1.165, 1.54) is 14.0 Å². The number of hydrogen-bond acceptors (Lipinski definition) is 3. The molecule has 21 heavy (non-hydrogen) atoms. The molecule has 0 saturated carbocycles. The van der Waals surface area contributed by atoms with E-state index in [-0.39, 0.29) is 11.9 Å². The van der Waals surface area contributed by atoms with Gasteiger partial charge in [-0.2, -0.15) is 0 Å². The number of methoxy groups -OCH3 is 1. The fraction of sp³-hybridized carbons (Fsp3) is 0.294. The van der Waals surface area contributed by atoms with E-state index in [9.17, 15) is 9.59 Å². The molecule has 1 aromatic heterocycles. The van der Waals surface area contributed by atoms with Gasteiger partial charge in [0, 0.05) is 18.5 Å². The van der Waals surface area contributed by atoms with Crippen LogP contribution in [0.3, 0.4) is 0 Å². The monoisotopic (exact) mass is 285 g/mol. The highest BCUT2D eigenvalue weighted by molar-refractivity contribution is 5.96. The van der Waals surface area contributed by atoms with Crippen molar-refractivity contribution in [3.05, 3.63) is 48.2 Å². The van der Waals surface area contributed by atoms with Crippen LogP contribution < -0.4 is 0 Å². The Labute approximate surface area is 124 Å². The summed E-state index contributed by atoms with van der Waals surface area (Å²) in [6.07, 6.45) is 6.13. The van der Waals surface area contributed by atoms with E-state index in [1.807, 2.05) is 43.3 Å². The van der Waals surface area contributed by atoms with Crippen molar-refractivity contribution in [3.8, 4) is 0 Å². The molecule has 2 aromatic rings.